The van der Waals surface area contributed by atoms with E-state index in [0.717, 1.165) is 0 Å². The number of hydrogen-bond donors (Lipinski definition) is 7. The zero-order chi connectivity index (χ0) is 18.8. The van der Waals surface area contributed by atoms with Gasteiger partial charge in [-0.15, -0.1) is 0 Å². The first kappa shape index (κ1) is 24.0. The molecule has 0 spiro atoms. The molecule has 0 amide bonds. The second-order valence-electron chi connectivity index (χ2n) is 4.45. The van der Waals surface area contributed by atoms with Gasteiger partial charge in [0.1, 0.15) is 18.3 Å². The summed E-state index contributed by atoms with van der Waals surface area (Å²) < 4.78 is 40.0. The fourth-order valence-electron chi connectivity index (χ4n) is 0.949. The van der Waals surface area contributed by atoms with Crippen molar-refractivity contribution >= 4 is 15.6 Å². The molecule has 0 rings (SSSR count). The minimum Gasteiger partial charge on any atom is -0.394 e. The van der Waals surface area contributed by atoms with Crippen LogP contribution in [0.4, 0.5) is 0 Å². The molecule has 0 aliphatic heterocycles. The Morgan fingerprint density at radius 3 is 1.12 bits per heavy atom. The lowest BCUT2D eigenvalue weighted by molar-refractivity contribution is 0.00699. The van der Waals surface area contributed by atoms with Crippen molar-refractivity contribution in [3.8, 4) is 0 Å². The molecular weight excluding hydrogens is 378 g/mol. The molecule has 7 N–H and O–H groups in total. The number of hydrogen-bond acceptors (Lipinski definition) is 11. The first-order valence-electron chi connectivity index (χ1n) is 6.51. The summed E-state index contributed by atoms with van der Waals surface area (Å²) in [4.78, 5) is 18.4. The Morgan fingerprint density at radius 1 is 0.625 bits per heavy atom. The summed E-state index contributed by atoms with van der Waals surface area (Å²) in [6.07, 6.45) is -4.40. The third-order valence-corrected chi connectivity index (χ3v) is 4.04. The maximum atomic E-state index is 11.3. The van der Waals surface area contributed by atoms with E-state index in [0.29, 0.717) is 0 Å². The number of aliphatic hydroxyl groups is 5. The van der Waals surface area contributed by atoms with Crippen molar-refractivity contribution in [3.63, 3.8) is 0 Å². The summed E-state index contributed by atoms with van der Waals surface area (Å²) in [7, 11) is -9.24. The molecule has 2 unspecified atom stereocenters. The number of phosphoric acid groups is 2. The monoisotopic (exact) mass is 400 g/mol. The van der Waals surface area contributed by atoms with Crippen molar-refractivity contribution in [2.24, 2.45) is 0 Å². The lowest BCUT2D eigenvalue weighted by Crippen LogP contribution is -2.23. The molecule has 146 valence electrons. The van der Waals surface area contributed by atoms with Crippen molar-refractivity contribution in [2.45, 2.75) is 18.3 Å². The third kappa shape index (κ3) is 12.4. The quantitative estimate of drug-likeness (QED) is 0.148. The van der Waals surface area contributed by atoms with Gasteiger partial charge in [-0.3, -0.25) is 18.1 Å². The molecule has 0 aliphatic rings. The van der Waals surface area contributed by atoms with Crippen LogP contribution in [-0.4, -0.2) is 93.3 Å². The molecule has 0 saturated heterocycles. The van der Waals surface area contributed by atoms with Gasteiger partial charge in [0.15, 0.2) is 0 Å². The van der Waals surface area contributed by atoms with Gasteiger partial charge in [-0.05, 0) is 0 Å². The Morgan fingerprint density at radius 2 is 0.875 bits per heavy atom. The maximum Gasteiger partial charge on any atom is 0.472 e. The van der Waals surface area contributed by atoms with E-state index in [1.54, 1.807) is 0 Å². The van der Waals surface area contributed by atoms with Gasteiger partial charge in [-0.1, -0.05) is 0 Å². The van der Waals surface area contributed by atoms with Crippen LogP contribution in [0, 0.1) is 0 Å². The third-order valence-electron chi connectivity index (χ3n) is 2.14. The summed E-state index contributed by atoms with van der Waals surface area (Å²) in [6, 6.07) is 0. The average Bonchev–Trinajstić information content (AvgIpc) is 2.54. The van der Waals surface area contributed by atoms with Gasteiger partial charge in [0.2, 0.25) is 0 Å². The van der Waals surface area contributed by atoms with Crippen molar-refractivity contribution in [2.75, 3.05) is 39.6 Å². The fourth-order valence-corrected chi connectivity index (χ4v) is 2.54. The van der Waals surface area contributed by atoms with Crippen LogP contribution in [-0.2, 0) is 27.2 Å². The van der Waals surface area contributed by atoms with E-state index >= 15 is 0 Å². The Kier molecular flexibility index (Phi) is 11.6. The molecule has 0 aromatic carbocycles. The second-order valence-corrected chi connectivity index (χ2v) is 7.35. The highest BCUT2D eigenvalue weighted by molar-refractivity contribution is 7.47. The predicted octanol–water partition coefficient (Wildman–Crippen LogP) is -2.68. The Balaban J connectivity index is 4.10. The minimum absolute atomic E-state index is 0.691. The van der Waals surface area contributed by atoms with Gasteiger partial charge in [0.05, 0.1) is 39.6 Å². The molecular formula is C9H22O13P2. The zero-order valence-electron chi connectivity index (χ0n) is 12.4. The van der Waals surface area contributed by atoms with E-state index < -0.39 is 73.6 Å². The minimum atomic E-state index is -4.62. The number of rotatable bonds is 14. The smallest absolute Gasteiger partial charge is 0.394 e. The largest absolute Gasteiger partial charge is 0.472 e. The molecule has 0 aromatic heterocycles. The average molecular weight is 400 g/mol. The van der Waals surface area contributed by atoms with Crippen molar-refractivity contribution < 1.29 is 62.5 Å². The molecule has 0 saturated carbocycles. The van der Waals surface area contributed by atoms with Crippen LogP contribution in [0.3, 0.4) is 0 Å². The van der Waals surface area contributed by atoms with E-state index in [-0.39, 0.29) is 0 Å². The van der Waals surface area contributed by atoms with Crippen LogP contribution in [0.1, 0.15) is 0 Å². The standard InChI is InChI=1S/C9H22O13P2/c10-1-7(12)3-19-23(15,16)21-5-9(14)6-22-24(17,18)20-4-8(13)2-11/h7-14H,1-6H2,(H,15,16)(H,17,18)/t7-,8+,9-. The van der Waals surface area contributed by atoms with E-state index in [4.69, 9.17) is 20.4 Å². The van der Waals surface area contributed by atoms with Crippen LogP contribution in [0.2, 0.25) is 0 Å². The molecule has 5 atom stereocenters. The predicted molar refractivity (Wildman–Crippen MR) is 75.7 cm³/mol. The normalized spacial score (nSPS) is 20.8. The lowest BCUT2D eigenvalue weighted by Gasteiger charge is -2.18. The lowest BCUT2D eigenvalue weighted by atomic mass is 10.4. The highest BCUT2D eigenvalue weighted by Gasteiger charge is 2.27. The van der Waals surface area contributed by atoms with E-state index in [1.165, 1.54) is 0 Å². The van der Waals surface area contributed by atoms with E-state index in [9.17, 15) is 24.0 Å². The van der Waals surface area contributed by atoms with E-state index in [1.807, 2.05) is 0 Å². The Bertz CT molecular complexity index is 394. The van der Waals surface area contributed by atoms with Gasteiger partial charge in [0.25, 0.3) is 0 Å². The Labute approximate surface area is 137 Å². The van der Waals surface area contributed by atoms with Gasteiger partial charge in [-0.2, -0.15) is 0 Å². The number of aliphatic hydroxyl groups excluding tert-OH is 5. The van der Waals surface area contributed by atoms with Crippen molar-refractivity contribution in [3.05, 3.63) is 0 Å². The first-order valence-corrected chi connectivity index (χ1v) is 9.50. The molecule has 24 heavy (non-hydrogen) atoms. The van der Waals surface area contributed by atoms with Crippen LogP contribution < -0.4 is 0 Å². The van der Waals surface area contributed by atoms with Gasteiger partial charge in [-0.25, -0.2) is 9.13 Å². The molecule has 0 fully saturated rings. The first-order chi connectivity index (χ1) is 11.0. The maximum absolute atomic E-state index is 11.3. The molecule has 0 bridgehead atoms. The fraction of sp³-hybridized carbons (Fsp3) is 1.00. The van der Waals surface area contributed by atoms with Crippen LogP contribution in [0.5, 0.6) is 0 Å². The summed E-state index contributed by atoms with van der Waals surface area (Å²) in [6.45, 7) is -4.42. The summed E-state index contributed by atoms with van der Waals surface area (Å²) in [5, 5.41) is 44.3. The van der Waals surface area contributed by atoms with E-state index in [2.05, 4.69) is 18.1 Å². The topological polar surface area (TPSA) is 213 Å². The van der Waals surface area contributed by atoms with Gasteiger partial charge < -0.3 is 35.3 Å². The Hall–Kier alpha value is 0.0200. The van der Waals surface area contributed by atoms with Crippen LogP contribution >= 0.6 is 15.6 Å². The second kappa shape index (κ2) is 11.6. The molecule has 0 radical (unpaired) electrons. The molecule has 0 aromatic rings. The highest BCUT2D eigenvalue weighted by Crippen LogP contribution is 2.45. The summed E-state index contributed by atoms with van der Waals surface area (Å²) in [5.41, 5.74) is 0. The molecule has 15 heteroatoms. The zero-order valence-corrected chi connectivity index (χ0v) is 14.2. The molecule has 0 aliphatic carbocycles. The van der Waals surface area contributed by atoms with Crippen molar-refractivity contribution in [1.82, 2.24) is 0 Å². The highest BCUT2D eigenvalue weighted by atomic mass is 31.2. The molecule has 0 heterocycles. The van der Waals surface area contributed by atoms with Crippen LogP contribution in [0.25, 0.3) is 0 Å². The van der Waals surface area contributed by atoms with Crippen molar-refractivity contribution in [1.29, 1.82) is 0 Å². The van der Waals surface area contributed by atoms with Crippen LogP contribution in [0.15, 0.2) is 0 Å². The number of phosphoric ester groups is 2. The molecule has 13 nitrogen and oxygen atoms in total. The van der Waals surface area contributed by atoms with Gasteiger partial charge >= 0.3 is 15.6 Å². The summed E-state index contributed by atoms with van der Waals surface area (Å²) >= 11 is 0. The summed E-state index contributed by atoms with van der Waals surface area (Å²) in [5.74, 6) is 0. The van der Waals surface area contributed by atoms with Gasteiger partial charge in [0, 0.05) is 0 Å². The SMILES string of the molecule is O=P(O)(OC[C@@H](O)COP(=O)(O)OC[C@@H](O)CO)OC[C@H](O)CO.